The highest BCUT2D eigenvalue weighted by molar-refractivity contribution is 5.02. The summed E-state index contributed by atoms with van der Waals surface area (Å²) in [5.74, 6) is 3.92. The van der Waals surface area contributed by atoms with Crippen LogP contribution in [0.2, 0.25) is 0 Å². The lowest BCUT2D eigenvalue weighted by Gasteiger charge is -2.50. The maximum absolute atomic E-state index is 6.01. The predicted molar refractivity (Wildman–Crippen MR) is 80.5 cm³/mol. The Kier molecular flexibility index (Phi) is 5.67. The molecule has 3 N–H and O–H groups in total. The first kappa shape index (κ1) is 16.0. The number of nitrogens with two attached hydrogens (primary N) is 1. The summed E-state index contributed by atoms with van der Waals surface area (Å²) in [6, 6.07) is 0. The molecule has 108 valence electrons. The third kappa shape index (κ3) is 3.71. The Morgan fingerprint density at radius 1 is 1.06 bits per heavy atom. The van der Waals surface area contributed by atoms with Crippen LogP contribution in [-0.4, -0.2) is 18.6 Å². The highest BCUT2D eigenvalue weighted by Crippen LogP contribution is 2.41. The van der Waals surface area contributed by atoms with E-state index in [1.807, 2.05) is 0 Å². The van der Waals surface area contributed by atoms with Crippen molar-refractivity contribution in [2.24, 2.45) is 35.3 Å². The minimum absolute atomic E-state index is 0.247. The first-order valence-electron chi connectivity index (χ1n) is 7.76. The van der Waals surface area contributed by atoms with Gasteiger partial charge in [-0.05, 0) is 49.0 Å². The van der Waals surface area contributed by atoms with E-state index in [4.69, 9.17) is 5.73 Å². The summed E-state index contributed by atoms with van der Waals surface area (Å²) in [5.41, 5.74) is 6.25. The second kappa shape index (κ2) is 6.38. The van der Waals surface area contributed by atoms with Gasteiger partial charge in [0.05, 0.1) is 0 Å². The molecular formula is C16H34N2. The summed E-state index contributed by atoms with van der Waals surface area (Å²) in [6.45, 7) is 15.9. The van der Waals surface area contributed by atoms with E-state index >= 15 is 0 Å². The molecule has 2 nitrogen and oxygen atoms in total. The van der Waals surface area contributed by atoms with E-state index in [2.05, 4.69) is 46.9 Å². The summed E-state index contributed by atoms with van der Waals surface area (Å²) in [5, 5.41) is 3.80. The SMILES string of the molecule is CC(C)C1CC(CN)(NCC(C(C)C)C(C)C)C1. The Hall–Kier alpha value is -0.0800. The molecule has 1 aliphatic carbocycles. The van der Waals surface area contributed by atoms with Crippen molar-refractivity contribution >= 4 is 0 Å². The summed E-state index contributed by atoms with van der Waals surface area (Å²) >= 11 is 0. The maximum Gasteiger partial charge on any atom is 0.0309 e. The minimum atomic E-state index is 0.247. The van der Waals surface area contributed by atoms with E-state index in [0.717, 1.165) is 42.7 Å². The van der Waals surface area contributed by atoms with E-state index in [1.54, 1.807) is 0 Å². The molecule has 0 aromatic heterocycles. The fraction of sp³-hybridized carbons (Fsp3) is 1.00. The van der Waals surface area contributed by atoms with Crippen molar-refractivity contribution in [1.82, 2.24) is 5.32 Å². The molecule has 0 heterocycles. The Labute approximate surface area is 114 Å². The van der Waals surface area contributed by atoms with Gasteiger partial charge in [-0.3, -0.25) is 0 Å². The topological polar surface area (TPSA) is 38.0 Å². The standard InChI is InChI=1S/C16H34N2/c1-11(2)14-7-16(8-14,10-17)18-9-15(12(3)4)13(5)6/h11-15,18H,7-10,17H2,1-6H3. The van der Waals surface area contributed by atoms with Crippen LogP contribution in [0.1, 0.15) is 54.4 Å². The fourth-order valence-corrected chi connectivity index (χ4v) is 3.37. The molecule has 0 aromatic rings. The van der Waals surface area contributed by atoms with Gasteiger partial charge in [0.25, 0.3) is 0 Å². The summed E-state index contributed by atoms with van der Waals surface area (Å²) < 4.78 is 0. The lowest BCUT2D eigenvalue weighted by molar-refractivity contribution is 0.0669. The van der Waals surface area contributed by atoms with Crippen LogP contribution < -0.4 is 11.1 Å². The van der Waals surface area contributed by atoms with Gasteiger partial charge in [-0.1, -0.05) is 41.5 Å². The third-order valence-electron chi connectivity index (χ3n) is 5.06. The van der Waals surface area contributed by atoms with Crippen molar-refractivity contribution in [2.75, 3.05) is 13.1 Å². The molecule has 1 fully saturated rings. The normalized spacial score (nSPS) is 28.5. The number of rotatable bonds is 7. The molecule has 0 atom stereocenters. The lowest BCUT2D eigenvalue weighted by atomic mass is 9.63. The van der Waals surface area contributed by atoms with Crippen LogP contribution in [-0.2, 0) is 0 Å². The number of nitrogens with one attached hydrogen (secondary N) is 1. The van der Waals surface area contributed by atoms with Gasteiger partial charge in [0.15, 0.2) is 0 Å². The molecule has 0 aromatic carbocycles. The minimum Gasteiger partial charge on any atom is -0.329 e. The summed E-state index contributed by atoms with van der Waals surface area (Å²) in [6.07, 6.45) is 2.54. The van der Waals surface area contributed by atoms with Crippen LogP contribution in [0.3, 0.4) is 0 Å². The predicted octanol–water partition coefficient (Wildman–Crippen LogP) is 3.27. The first-order chi connectivity index (χ1) is 8.31. The van der Waals surface area contributed by atoms with Crippen molar-refractivity contribution in [1.29, 1.82) is 0 Å². The molecule has 0 radical (unpaired) electrons. The van der Waals surface area contributed by atoms with Gasteiger partial charge in [0.2, 0.25) is 0 Å². The second-order valence-corrected chi connectivity index (χ2v) is 7.43. The molecule has 1 saturated carbocycles. The molecule has 18 heavy (non-hydrogen) atoms. The lowest BCUT2D eigenvalue weighted by Crippen LogP contribution is -2.62. The largest absolute Gasteiger partial charge is 0.329 e. The highest BCUT2D eigenvalue weighted by atomic mass is 15.0. The molecule has 0 aliphatic heterocycles. The molecule has 0 amide bonds. The molecular weight excluding hydrogens is 220 g/mol. The highest BCUT2D eigenvalue weighted by Gasteiger charge is 2.44. The van der Waals surface area contributed by atoms with E-state index in [-0.39, 0.29) is 5.54 Å². The van der Waals surface area contributed by atoms with E-state index in [0.29, 0.717) is 0 Å². The maximum atomic E-state index is 6.01. The first-order valence-corrected chi connectivity index (χ1v) is 7.76. The summed E-state index contributed by atoms with van der Waals surface area (Å²) in [7, 11) is 0. The smallest absolute Gasteiger partial charge is 0.0309 e. The fourth-order valence-electron chi connectivity index (χ4n) is 3.37. The molecule has 0 spiro atoms. The van der Waals surface area contributed by atoms with Gasteiger partial charge in [-0.15, -0.1) is 0 Å². The zero-order chi connectivity index (χ0) is 13.9. The van der Waals surface area contributed by atoms with Gasteiger partial charge in [-0.25, -0.2) is 0 Å². The Morgan fingerprint density at radius 3 is 1.89 bits per heavy atom. The van der Waals surface area contributed by atoms with Crippen LogP contribution in [0.25, 0.3) is 0 Å². The van der Waals surface area contributed by atoms with E-state index in [1.165, 1.54) is 12.8 Å². The van der Waals surface area contributed by atoms with Crippen LogP contribution in [0.5, 0.6) is 0 Å². The Morgan fingerprint density at radius 2 is 1.56 bits per heavy atom. The van der Waals surface area contributed by atoms with Gasteiger partial charge >= 0.3 is 0 Å². The molecule has 1 rings (SSSR count). The van der Waals surface area contributed by atoms with Crippen LogP contribution in [0.4, 0.5) is 0 Å². The number of hydrogen-bond acceptors (Lipinski definition) is 2. The van der Waals surface area contributed by atoms with Crippen molar-refractivity contribution < 1.29 is 0 Å². The molecule has 0 bridgehead atoms. The van der Waals surface area contributed by atoms with E-state index in [9.17, 15) is 0 Å². The quantitative estimate of drug-likeness (QED) is 0.732. The average molecular weight is 254 g/mol. The van der Waals surface area contributed by atoms with Crippen molar-refractivity contribution in [3.8, 4) is 0 Å². The Balaban J connectivity index is 2.46. The van der Waals surface area contributed by atoms with Gasteiger partial charge in [-0.2, -0.15) is 0 Å². The van der Waals surface area contributed by atoms with Gasteiger partial charge < -0.3 is 11.1 Å². The van der Waals surface area contributed by atoms with Crippen LogP contribution in [0, 0.1) is 29.6 Å². The van der Waals surface area contributed by atoms with Crippen molar-refractivity contribution in [3.05, 3.63) is 0 Å². The zero-order valence-corrected chi connectivity index (χ0v) is 13.3. The molecule has 1 aliphatic rings. The second-order valence-electron chi connectivity index (χ2n) is 7.43. The third-order valence-corrected chi connectivity index (χ3v) is 5.06. The zero-order valence-electron chi connectivity index (χ0n) is 13.3. The number of hydrogen-bond donors (Lipinski definition) is 2. The average Bonchev–Trinajstić information content (AvgIpc) is 2.19. The van der Waals surface area contributed by atoms with Crippen LogP contribution in [0.15, 0.2) is 0 Å². The van der Waals surface area contributed by atoms with Crippen molar-refractivity contribution in [3.63, 3.8) is 0 Å². The molecule has 2 heteroatoms. The monoisotopic (exact) mass is 254 g/mol. The van der Waals surface area contributed by atoms with Gasteiger partial charge in [0.1, 0.15) is 0 Å². The van der Waals surface area contributed by atoms with Crippen LogP contribution >= 0.6 is 0 Å². The Bertz CT molecular complexity index is 231. The molecule has 0 saturated heterocycles. The molecule has 0 unspecified atom stereocenters. The summed E-state index contributed by atoms with van der Waals surface area (Å²) in [4.78, 5) is 0. The van der Waals surface area contributed by atoms with Crippen molar-refractivity contribution in [2.45, 2.75) is 59.9 Å². The van der Waals surface area contributed by atoms with Gasteiger partial charge in [0, 0.05) is 12.1 Å². The van der Waals surface area contributed by atoms with E-state index < -0.39 is 0 Å².